The average molecular weight is 549 g/mol. The minimum atomic E-state index is -1.02. The van der Waals surface area contributed by atoms with E-state index in [1.807, 2.05) is 60.0 Å². The molecule has 2 N–H and O–H groups in total. The van der Waals surface area contributed by atoms with Crippen LogP contribution >= 0.6 is 11.3 Å². The van der Waals surface area contributed by atoms with Gasteiger partial charge in [0.1, 0.15) is 11.6 Å². The number of ether oxygens (including phenoxy) is 2. The Bertz CT molecular complexity index is 1860. The highest BCUT2D eigenvalue weighted by atomic mass is 32.1. The van der Waals surface area contributed by atoms with Crippen LogP contribution in [0.15, 0.2) is 90.3 Å². The summed E-state index contributed by atoms with van der Waals surface area (Å²) in [5.41, 5.74) is 4.31. The second-order valence-electron chi connectivity index (χ2n) is 9.18. The smallest absolute Gasteiger partial charge is 0.338 e. The number of carbonyl (C=O) groups excluding carboxylic acids is 2. The first-order chi connectivity index (χ1) is 19.5. The third-order valence-corrected chi connectivity index (χ3v) is 7.27. The number of thiazole rings is 1. The lowest BCUT2D eigenvalue weighted by Crippen LogP contribution is -2.29. The maximum Gasteiger partial charge on any atom is 0.338 e. The number of hydrogen-bond donors (Lipinski definition) is 2. The number of H-pyrrole nitrogens is 1. The molecule has 0 bridgehead atoms. The Morgan fingerprint density at radius 1 is 0.900 bits per heavy atom. The summed E-state index contributed by atoms with van der Waals surface area (Å²) in [6.45, 7) is 1.53. The summed E-state index contributed by atoms with van der Waals surface area (Å²) in [5.74, 6) is 0.351. The van der Waals surface area contributed by atoms with E-state index in [1.54, 1.807) is 25.3 Å². The molecular weight excluding hydrogens is 524 g/mol. The van der Waals surface area contributed by atoms with E-state index in [4.69, 9.17) is 9.47 Å². The molecule has 1 amide bonds. The number of carbonyl (C=O) groups is 2. The van der Waals surface area contributed by atoms with Gasteiger partial charge in [-0.1, -0.05) is 36.4 Å². The Morgan fingerprint density at radius 3 is 2.48 bits per heavy atom. The molecular formula is C31H24N4O4S. The predicted octanol–water partition coefficient (Wildman–Crippen LogP) is 6.70. The molecule has 40 heavy (non-hydrogen) atoms. The highest BCUT2D eigenvalue weighted by molar-refractivity contribution is 7.14. The second-order valence-corrected chi connectivity index (χ2v) is 10.0. The number of rotatable bonds is 7. The van der Waals surface area contributed by atoms with Crippen molar-refractivity contribution in [3.8, 4) is 28.4 Å². The van der Waals surface area contributed by atoms with E-state index in [9.17, 15) is 9.59 Å². The van der Waals surface area contributed by atoms with Gasteiger partial charge < -0.3 is 14.5 Å². The van der Waals surface area contributed by atoms with Crippen LogP contribution in [0.5, 0.6) is 5.75 Å². The molecule has 2 aromatic heterocycles. The summed E-state index contributed by atoms with van der Waals surface area (Å²) in [5, 5.41) is 7.33. The number of benzene rings is 4. The molecule has 4 aromatic carbocycles. The molecule has 0 aliphatic carbocycles. The summed E-state index contributed by atoms with van der Waals surface area (Å²) in [6, 6.07) is 26.8. The van der Waals surface area contributed by atoms with E-state index >= 15 is 0 Å². The second kappa shape index (κ2) is 10.6. The van der Waals surface area contributed by atoms with Crippen molar-refractivity contribution in [2.24, 2.45) is 0 Å². The van der Waals surface area contributed by atoms with Crippen molar-refractivity contribution in [2.75, 3.05) is 12.4 Å². The quantitative estimate of drug-likeness (QED) is 0.215. The van der Waals surface area contributed by atoms with Crippen LogP contribution in [0.2, 0.25) is 0 Å². The lowest BCUT2D eigenvalue weighted by Gasteiger charge is -2.12. The minimum absolute atomic E-state index is 0.310. The number of fused-ring (bicyclic) bond motifs is 2. The summed E-state index contributed by atoms with van der Waals surface area (Å²) >= 11 is 1.31. The molecule has 0 fully saturated rings. The van der Waals surface area contributed by atoms with Crippen LogP contribution in [0.3, 0.4) is 0 Å². The summed E-state index contributed by atoms with van der Waals surface area (Å²) in [6.07, 6.45) is -1.02. The molecule has 9 heteroatoms. The van der Waals surface area contributed by atoms with Gasteiger partial charge in [0.05, 0.1) is 29.4 Å². The minimum Gasteiger partial charge on any atom is -0.497 e. The number of imidazole rings is 1. The maximum absolute atomic E-state index is 12.8. The van der Waals surface area contributed by atoms with Gasteiger partial charge in [0.2, 0.25) is 0 Å². The van der Waals surface area contributed by atoms with Gasteiger partial charge in [-0.2, -0.15) is 0 Å². The predicted molar refractivity (Wildman–Crippen MR) is 157 cm³/mol. The van der Waals surface area contributed by atoms with Crippen molar-refractivity contribution in [1.29, 1.82) is 0 Å². The average Bonchev–Trinajstić information content (AvgIpc) is 3.63. The first-order valence-corrected chi connectivity index (χ1v) is 13.5. The molecule has 2 heterocycles. The van der Waals surface area contributed by atoms with E-state index < -0.39 is 18.0 Å². The maximum atomic E-state index is 12.8. The van der Waals surface area contributed by atoms with Gasteiger partial charge in [0, 0.05) is 16.5 Å². The number of nitrogens with one attached hydrogen (secondary N) is 2. The van der Waals surface area contributed by atoms with E-state index in [0.717, 1.165) is 33.3 Å². The van der Waals surface area contributed by atoms with Crippen molar-refractivity contribution in [1.82, 2.24) is 15.0 Å². The molecule has 8 nitrogen and oxygen atoms in total. The van der Waals surface area contributed by atoms with Gasteiger partial charge in [-0.3, -0.25) is 10.1 Å². The third kappa shape index (κ3) is 5.14. The van der Waals surface area contributed by atoms with Crippen molar-refractivity contribution in [3.05, 3.63) is 95.9 Å². The Labute approximate surface area is 233 Å². The molecule has 0 radical (unpaired) electrons. The number of amides is 1. The summed E-state index contributed by atoms with van der Waals surface area (Å²) < 4.78 is 10.7. The number of nitrogens with zero attached hydrogens (tertiary/aromatic N) is 2. The molecule has 1 atom stereocenters. The Balaban J connectivity index is 1.11. The zero-order chi connectivity index (χ0) is 27.6. The van der Waals surface area contributed by atoms with Crippen molar-refractivity contribution in [2.45, 2.75) is 13.0 Å². The van der Waals surface area contributed by atoms with E-state index in [1.165, 1.54) is 18.3 Å². The molecule has 0 saturated carbocycles. The van der Waals surface area contributed by atoms with Gasteiger partial charge in [0.25, 0.3) is 5.91 Å². The first kappa shape index (κ1) is 25.3. The van der Waals surface area contributed by atoms with Crippen LogP contribution < -0.4 is 10.1 Å². The number of esters is 1. The van der Waals surface area contributed by atoms with Crippen LogP contribution in [0.4, 0.5) is 5.13 Å². The number of anilines is 1. The Kier molecular flexibility index (Phi) is 6.71. The molecule has 1 unspecified atom stereocenters. The van der Waals surface area contributed by atoms with Crippen LogP contribution in [-0.2, 0) is 9.53 Å². The molecule has 0 saturated heterocycles. The van der Waals surface area contributed by atoms with Crippen molar-refractivity contribution in [3.63, 3.8) is 0 Å². The zero-order valence-electron chi connectivity index (χ0n) is 21.7. The van der Waals surface area contributed by atoms with Crippen molar-refractivity contribution < 1.29 is 19.1 Å². The van der Waals surface area contributed by atoms with Gasteiger partial charge >= 0.3 is 5.97 Å². The van der Waals surface area contributed by atoms with Gasteiger partial charge in [-0.05, 0) is 66.2 Å². The Morgan fingerprint density at radius 2 is 1.68 bits per heavy atom. The lowest BCUT2D eigenvalue weighted by atomic mass is 10.1. The molecule has 0 aliphatic rings. The molecule has 0 aliphatic heterocycles. The summed E-state index contributed by atoms with van der Waals surface area (Å²) in [4.78, 5) is 38.0. The zero-order valence-corrected chi connectivity index (χ0v) is 22.5. The highest BCUT2D eigenvalue weighted by Crippen LogP contribution is 2.28. The van der Waals surface area contributed by atoms with Gasteiger partial charge in [-0.15, -0.1) is 11.3 Å². The standard InChI is InChI=1S/C31H24N4O4S/c1-18(29(36)35-31-34-27(17-40-31)22-8-7-19-5-3-4-6-21(19)15-22)39-30(37)23-11-14-25-26(16-23)33-28(32-25)20-9-12-24(38-2)13-10-20/h3-18H,1-2H3,(H,32,33)(H,34,35,36). The fraction of sp³-hybridized carbons (Fsp3) is 0.0968. The van der Waals surface area contributed by atoms with Crippen LogP contribution in [0.1, 0.15) is 17.3 Å². The van der Waals surface area contributed by atoms with E-state index in [-0.39, 0.29) is 0 Å². The SMILES string of the molecule is COc1ccc(-c2nc3ccc(C(=O)OC(C)C(=O)Nc4nc(-c5ccc6ccccc6c5)cs4)cc3[nH]2)cc1. The van der Waals surface area contributed by atoms with Gasteiger partial charge in [-0.25, -0.2) is 14.8 Å². The number of aromatic amines is 1. The largest absolute Gasteiger partial charge is 0.497 e. The lowest BCUT2D eigenvalue weighted by molar-refractivity contribution is -0.123. The summed E-state index contributed by atoms with van der Waals surface area (Å²) in [7, 11) is 1.61. The van der Waals surface area contributed by atoms with E-state index in [0.29, 0.717) is 27.6 Å². The monoisotopic (exact) mass is 548 g/mol. The highest BCUT2D eigenvalue weighted by Gasteiger charge is 2.21. The number of methoxy groups -OCH3 is 1. The molecule has 6 aromatic rings. The molecule has 0 spiro atoms. The third-order valence-electron chi connectivity index (χ3n) is 6.51. The number of hydrogen-bond acceptors (Lipinski definition) is 7. The normalized spacial score (nSPS) is 11.8. The molecule has 198 valence electrons. The fourth-order valence-corrected chi connectivity index (χ4v) is 5.05. The van der Waals surface area contributed by atoms with Crippen LogP contribution in [0, 0.1) is 0 Å². The van der Waals surface area contributed by atoms with Gasteiger partial charge in [0.15, 0.2) is 11.2 Å². The van der Waals surface area contributed by atoms with E-state index in [2.05, 4.69) is 32.4 Å². The number of aromatic nitrogens is 3. The van der Waals surface area contributed by atoms with Crippen LogP contribution in [0.25, 0.3) is 44.5 Å². The Hall–Kier alpha value is -5.02. The first-order valence-electron chi connectivity index (χ1n) is 12.6. The van der Waals surface area contributed by atoms with Crippen molar-refractivity contribution >= 4 is 50.2 Å². The molecule has 6 rings (SSSR count). The van der Waals surface area contributed by atoms with Crippen LogP contribution in [-0.4, -0.2) is 40.0 Å². The topological polar surface area (TPSA) is 106 Å². The fourth-order valence-electron chi connectivity index (χ4n) is 4.32.